The monoisotopic (exact) mass is 263 g/mol. The van der Waals surface area contributed by atoms with Crippen molar-refractivity contribution in [2.75, 3.05) is 11.5 Å². The number of sulfone groups is 1. The SMILES string of the molecule is CCS(=O)(=O)c1ccc(N)c(Br)c1. The van der Waals surface area contributed by atoms with Crippen molar-refractivity contribution >= 4 is 31.5 Å². The van der Waals surface area contributed by atoms with Crippen LogP contribution in [0.1, 0.15) is 6.92 Å². The molecule has 0 saturated carbocycles. The van der Waals surface area contributed by atoms with Crippen molar-refractivity contribution in [3.63, 3.8) is 0 Å². The molecule has 1 rings (SSSR count). The van der Waals surface area contributed by atoms with Crippen molar-refractivity contribution in [3.8, 4) is 0 Å². The largest absolute Gasteiger partial charge is 0.398 e. The molecule has 13 heavy (non-hydrogen) atoms. The fourth-order valence-electron chi connectivity index (χ4n) is 0.868. The summed E-state index contributed by atoms with van der Waals surface area (Å²) in [5, 5.41) is 0. The van der Waals surface area contributed by atoms with E-state index in [4.69, 9.17) is 5.73 Å². The number of anilines is 1. The van der Waals surface area contributed by atoms with Gasteiger partial charge in [-0.15, -0.1) is 0 Å². The summed E-state index contributed by atoms with van der Waals surface area (Å²) in [7, 11) is -3.12. The van der Waals surface area contributed by atoms with E-state index >= 15 is 0 Å². The Hall–Kier alpha value is -0.550. The third-order valence-corrected chi connectivity index (χ3v) is 4.13. The molecular formula is C8H10BrNO2S. The lowest BCUT2D eigenvalue weighted by molar-refractivity contribution is 0.597. The second kappa shape index (κ2) is 3.67. The highest BCUT2D eigenvalue weighted by Crippen LogP contribution is 2.23. The third-order valence-electron chi connectivity index (χ3n) is 1.71. The van der Waals surface area contributed by atoms with Gasteiger partial charge in [0.05, 0.1) is 10.6 Å². The summed E-state index contributed by atoms with van der Waals surface area (Å²) in [6.07, 6.45) is 0. The average Bonchev–Trinajstić information content (AvgIpc) is 2.09. The molecule has 0 bridgehead atoms. The highest BCUT2D eigenvalue weighted by atomic mass is 79.9. The van der Waals surface area contributed by atoms with Crippen LogP contribution in [0.4, 0.5) is 5.69 Å². The van der Waals surface area contributed by atoms with Gasteiger partial charge < -0.3 is 5.73 Å². The highest BCUT2D eigenvalue weighted by Gasteiger charge is 2.11. The van der Waals surface area contributed by atoms with Gasteiger partial charge in [0.1, 0.15) is 0 Å². The fourth-order valence-corrected chi connectivity index (χ4v) is 2.30. The van der Waals surface area contributed by atoms with E-state index in [9.17, 15) is 8.42 Å². The molecule has 0 aromatic heterocycles. The third kappa shape index (κ3) is 2.22. The minimum absolute atomic E-state index is 0.101. The molecule has 0 heterocycles. The Labute approximate surface area is 86.0 Å². The van der Waals surface area contributed by atoms with Crippen molar-refractivity contribution in [1.82, 2.24) is 0 Å². The molecule has 5 heteroatoms. The second-order valence-corrected chi connectivity index (χ2v) is 5.72. The second-order valence-electron chi connectivity index (χ2n) is 2.59. The van der Waals surface area contributed by atoms with Gasteiger partial charge >= 0.3 is 0 Å². The van der Waals surface area contributed by atoms with E-state index in [2.05, 4.69) is 15.9 Å². The Balaban J connectivity index is 3.27. The van der Waals surface area contributed by atoms with Gasteiger partial charge in [-0.1, -0.05) is 6.92 Å². The zero-order valence-corrected chi connectivity index (χ0v) is 9.52. The van der Waals surface area contributed by atoms with E-state index in [-0.39, 0.29) is 5.75 Å². The fraction of sp³-hybridized carbons (Fsp3) is 0.250. The molecular weight excluding hydrogens is 254 g/mol. The molecule has 0 amide bonds. The Morgan fingerprint density at radius 2 is 2.08 bits per heavy atom. The van der Waals surface area contributed by atoms with E-state index in [1.54, 1.807) is 13.0 Å². The molecule has 0 radical (unpaired) electrons. The van der Waals surface area contributed by atoms with Crippen LogP contribution in [0.15, 0.2) is 27.6 Å². The number of hydrogen-bond donors (Lipinski definition) is 1. The van der Waals surface area contributed by atoms with E-state index < -0.39 is 9.84 Å². The van der Waals surface area contributed by atoms with E-state index in [0.29, 0.717) is 15.1 Å². The van der Waals surface area contributed by atoms with Crippen molar-refractivity contribution < 1.29 is 8.42 Å². The Morgan fingerprint density at radius 1 is 1.46 bits per heavy atom. The molecule has 0 aliphatic heterocycles. The number of halogens is 1. The lowest BCUT2D eigenvalue weighted by atomic mass is 10.3. The molecule has 0 aliphatic rings. The van der Waals surface area contributed by atoms with Crippen LogP contribution >= 0.6 is 15.9 Å². The average molecular weight is 264 g/mol. The first-order valence-electron chi connectivity index (χ1n) is 3.75. The first kappa shape index (κ1) is 10.5. The summed E-state index contributed by atoms with van der Waals surface area (Å²) in [5.74, 6) is 0.101. The number of benzene rings is 1. The highest BCUT2D eigenvalue weighted by molar-refractivity contribution is 9.10. The predicted octanol–water partition coefficient (Wildman–Crippen LogP) is 1.82. The summed E-state index contributed by atoms with van der Waals surface area (Å²) in [6, 6.07) is 4.61. The van der Waals surface area contributed by atoms with Crippen LogP contribution in [0, 0.1) is 0 Å². The first-order valence-corrected chi connectivity index (χ1v) is 6.19. The Kier molecular flexibility index (Phi) is 2.98. The molecule has 0 unspecified atom stereocenters. The standard InChI is InChI=1S/C8H10BrNO2S/c1-2-13(11,12)6-3-4-8(10)7(9)5-6/h3-5H,2,10H2,1H3. The minimum Gasteiger partial charge on any atom is -0.398 e. The maximum atomic E-state index is 11.4. The Morgan fingerprint density at radius 3 is 2.54 bits per heavy atom. The van der Waals surface area contributed by atoms with Gasteiger partial charge in [-0.2, -0.15) is 0 Å². The summed E-state index contributed by atoms with van der Waals surface area (Å²) in [5.41, 5.74) is 6.07. The maximum absolute atomic E-state index is 11.4. The number of nitrogen functional groups attached to an aromatic ring is 1. The van der Waals surface area contributed by atoms with Crippen LogP contribution in [0.2, 0.25) is 0 Å². The van der Waals surface area contributed by atoms with Crippen molar-refractivity contribution in [2.45, 2.75) is 11.8 Å². The lowest BCUT2D eigenvalue weighted by Crippen LogP contribution is -2.03. The van der Waals surface area contributed by atoms with Gasteiger partial charge in [0.25, 0.3) is 0 Å². The normalized spacial score (nSPS) is 11.5. The van der Waals surface area contributed by atoms with Gasteiger partial charge in [0.2, 0.25) is 0 Å². The van der Waals surface area contributed by atoms with Gasteiger partial charge in [-0.05, 0) is 34.1 Å². The molecule has 1 aromatic rings. The zero-order chi connectivity index (χ0) is 10.1. The van der Waals surface area contributed by atoms with Gasteiger partial charge in [0.15, 0.2) is 9.84 Å². The van der Waals surface area contributed by atoms with Crippen LogP contribution in [0.3, 0.4) is 0 Å². The maximum Gasteiger partial charge on any atom is 0.178 e. The zero-order valence-electron chi connectivity index (χ0n) is 7.12. The van der Waals surface area contributed by atoms with Crippen LogP contribution in [0.25, 0.3) is 0 Å². The molecule has 0 atom stereocenters. The summed E-state index contributed by atoms with van der Waals surface area (Å²) in [4.78, 5) is 0.302. The van der Waals surface area contributed by atoms with Crippen molar-refractivity contribution in [2.24, 2.45) is 0 Å². The molecule has 2 N–H and O–H groups in total. The molecule has 1 aromatic carbocycles. The van der Waals surface area contributed by atoms with E-state index in [1.165, 1.54) is 12.1 Å². The van der Waals surface area contributed by atoms with Crippen molar-refractivity contribution in [1.29, 1.82) is 0 Å². The van der Waals surface area contributed by atoms with Crippen molar-refractivity contribution in [3.05, 3.63) is 22.7 Å². The molecule has 72 valence electrons. The summed E-state index contributed by atoms with van der Waals surface area (Å²) in [6.45, 7) is 1.61. The first-order chi connectivity index (χ1) is 5.97. The summed E-state index contributed by atoms with van der Waals surface area (Å²) >= 11 is 3.18. The smallest absolute Gasteiger partial charge is 0.178 e. The van der Waals surface area contributed by atoms with E-state index in [1.807, 2.05) is 0 Å². The van der Waals surface area contributed by atoms with Gasteiger partial charge in [0, 0.05) is 10.2 Å². The van der Waals surface area contributed by atoms with Crippen LogP contribution in [-0.4, -0.2) is 14.2 Å². The van der Waals surface area contributed by atoms with Gasteiger partial charge in [-0.3, -0.25) is 0 Å². The van der Waals surface area contributed by atoms with Gasteiger partial charge in [-0.25, -0.2) is 8.42 Å². The number of rotatable bonds is 2. The molecule has 0 fully saturated rings. The topological polar surface area (TPSA) is 60.2 Å². The molecule has 0 aliphatic carbocycles. The number of nitrogens with two attached hydrogens (primary N) is 1. The molecule has 0 spiro atoms. The lowest BCUT2D eigenvalue weighted by Gasteiger charge is -2.03. The molecule has 3 nitrogen and oxygen atoms in total. The minimum atomic E-state index is -3.12. The quantitative estimate of drug-likeness (QED) is 0.829. The van der Waals surface area contributed by atoms with E-state index in [0.717, 1.165) is 0 Å². The molecule has 0 saturated heterocycles. The predicted molar refractivity (Wildman–Crippen MR) is 56.3 cm³/mol. The van der Waals surface area contributed by atoms with Crippen LogP contribution < -0.4 is 5.73 Å². The summed E-state index contributed by atoms with van der Waals surface area (Å²) < 4.78 is 23.4. The number of hydrogen-bond acceptors (Lipinski definition) is 3. The van der Waals surface area contributed by atoms with Crippen LogP contribution in [-0.2, 0) is 9.84 Å². The Bertz CT molecular complexity index is 414. The van der Waals surface area contributed by atoms with Crippen LogP contribution in [0.5, 0.6) is 0 Å².